The molecule has 5 nitrogen and oxygen atoms in total. The van der Waals surface area contributed by atoms with Crippen molar-refractivity contribution in [2.45, 2.75) is 13.5 Å². The number of nitro benzene ring substituents is 1. The summed E-state index contributed by atoms with van der Waals surface area (Å²) in [6, 6.07) is 14.1. The number of benzene rings is 2. The lowest BCUT2D eigenvalue weighted by molar-refractivity contribution is -0.384. The number of non-ortho nitro benzene ring substituents is 1. The van der Waals surface area contributed by atoms with Gasteiger partial charge >= 0.3 is 0 Å². The van der Waals surface area contributed by atoms with E-state index in [2.05, 4.69) is 5.32 Å². The number of nitrogens with one attached hydrogen (secondary N) is 1. The summed E-state index contributed by atoms with van der Waals surface area (Å²) in [7, 11) is 0. The standard InChI is InChI=1S/C15H16N2O3/c1-2-16-15-9-8-13(17(18)19)10-12(15)11-20-14-6-4-3-5-7-14/h3-10,16H,2,11H2,1H3. The van der Waals surface area contributed by atoms with Crippen molar-refractivity contribution in [3.05, 3.63) is 64.2 Å². The molecule has 0 aromatic heterocycles. The van der Waals surface area contributed by atoms with Crippen molar-refractivity contribution in [1.82, 2.24) is 0 Å². The molecule has 0 radical (unpaired) electrons. The van der Waals surface area contributed by atoms with Crippen LogP contribution in [0.1, 0.15) is 12.5 Å². The van der Waals surface area contributed by atoms with Crippen molar-refractivity contribution in [3.8, 4) is 5.75 Å². The summed E-state index contributed by atoms with van der Waals surface area (Å²) in [5.74, 6) is 0.737. The van der Waals surface area contributed by atoms with Gasteiger partial charge in [-0.05, 0) is 25.1 Å². The zero-order valence-electron chi connectivity index (χ0n) is 11.2. The second kappa shape index (κ2) is 6.56. The van der Waals surface area contributed by atoms with Crippen molar-refractivity contribution >= 4 is 11.4 Å². The molecule has 0 spiro atoms. The Morgan fingerprint density at radius 2 is 1.95 bits per heavy atom. The molecule has 2 aromatic rings. The lowest BCUT2D eigenvalue weighted by Crippen LogP contribution is -2.04. The highest BCUT2D eigenvalue weighted by molar-refractivity contribution is 5.55. The van der Waals surface area contributed by atoms with Gasteiger partial charge in [-0.2, -0.15) is 0 Å². The number of hydrogen-bond donors (Lipinski definition) is 1. The highest BCUT2D eigenvalue weighted by Gasteiger charge is 2.11. The van der Waals surface area contributed by atoms with Gasteiger partial charge in [-0.25, -0.2) is 0 Å². The zero-order chi connectivity index (χ0) is 14.4. The van der Waals surface area contributed by atoms with E-state index in [1.165, 1.54) is 6.07 Å². The predicted octanol–water partition coefficient (Wildman–Crippen LogP) is 3.61. The Morgan fingerprint density at radius 1 is 1.20 bits per heavy atom. The van der Waals surface area contributed by atoms with E-state index in [4.69, 9.17) is 4.74 Å². The number of hydrogen-bond acceptors (Lipinski definition) is 4. The first kappa shape index (κ1) is 13.9. The van der Waals surface area contributed by atoms with Gasteiger partial charge in [0, 0.05) is 29.9 Å². The van der Waals surface area contributed by atoms with Gasteiger partial charge in [0.15, 0.2) is 0 Å². The quantitative estimate of drug-likeness (QED) is 0.644. The third kappa shape index (κ3) is 3.47. The highest BCUT2D eigenvalue weighted by atomic mass is 16.6. The van der Waals surface area contributed by atoms with Gasteiger partial charge in [0.1, 0.15) is 12.4 Å². The van der Waals surface area contributed by atoms with Crippen LogP contribution >= 0.6 is 0 Å². The van der Waals surface area contributed by atoms with Crippen LogP contribution in [0.5, 0.6) is 5.75 Å². The Balaban J connectivity index is 2.19. The molecule has 0 heterocycles. The predicted molar refractivity (Wildman–Crippen MR) is 78.0 cm³/mol. The number of rotatable bonds is 6. The Bertz CT molecular complexity index is 585. The van der Waals surface area contributed by atoms with E-state index in [1.54, 1.807) is 12.1 Å². The smallest absolute Gasteiger partial charge is 0.269 e. The molecule has 2 rings (SSSR count). The molecular formula is C15H16N2O3. The summed E-state index contributed by atoms with van der Waals surface area (Å²) < 4.78 is 5.65. The lowest BCUT2D eigenvalue weighted by atomic mass is 10.1. The number of anilines is 1. The van der Waals surface area contributed by atoms with E-state index in [0.29, 0.717) is 0 Å². The van der Waals surface area contributed by atoms with Crippen LogP contribution in [0.4, 0.5) is 11.4 Å². The van der Waals surface area contributed by atoms with Crippen LogP contribution in [0, 0.1) is 10.1 Å². The zero-order valence-corrected chi connectivity index (χ0v) is 11.2. The molecule has 0 saturated carbocycles. The third-order valence-electron chi connectivity index (χ3n) is 2.80. The Morgan fingerprint density at radius 3 is 2.60 bits per heavy atom. The van der Waals surface area contributed by atoms with Crippen molar-refractivity contribution < 1.29 is 9.66 Å². The minimum absolute atomic E-state index is 0.0679. The molecular weight excluding hydrogens is 256 g/mol. The van der Waals surface area contributed by atoms with E-state index in [-0.39, 0.29) is 12.3 Å². The number of nitrogens with zero attached hydrogens (tertiary/aromatic N) is 1. The van der Waals surface area contributed by atoms with Crippen molar-refractivity contribution in [2.24, 2.45) is 0 Å². The first-order valence-corrected chi connectivity index (χ1v) is 6.39. The summed E-state index contributed by atoms with van der Waals surface area (Å²) in [5.41, 5.74) is 1.69. The Labute approximate surface area is 117 Å². The van der Waals surface area contributed by atoms with Crippen molar-refractivity contribution in [3.63, 3.8) is 0 Å². The van der Waals surface area contributed by atoms with Crippen LogP contribution in [0.15, 0.2) is 48.5 Å². The molecule has 2 aromatic carbocycles. The molecule has 0 aliphatic heterocycles. The molecule has 5 heteroatoms. The molecule has 0 bridgehead atoms. The third-order valence-corrected chi connectivity index (χ3v) is 2.80. The van der Waals surface area contributed by atoms with E-state index in [1.807, 2.05) is 37.3 Å². The topological polar surface area (TPSA) is 64.4 Å². The van der Waals surface area contributed by atoms with Gasteiger partial charge in [0.05, 0.1) is 4.92 Å². The average Bonchev–Trinajstić information content (AvgIpc) is 2.47. The summed E-state index contributed by atoms with van der Waals surface area (Å²) in [4.78, 5) is 10.4. The molecule has 0 unspecified atom stereocenters. The van der Waals surface area contributed by atoms with Crippen molar-refractivity contribution in [2.75, 3.05) is 11.9 Å². The van der Waals surface area contributed by atoms with E-state index < -0.39 is 4.92 Å². The van der Waals surface area contributed by atoms with Gasteiger partial charge in [-0.1, -0.05) is 18.2 Å². The van der Waals surface area contributed by atoms with E-state index in [0.717, 1.165) is 23.5 Å². The fourth-order valence-corrected chi connectivity index (χ4v) is 1.85. The summed E-state index contributed by atoms with van der Waals surface area (Å²) in [6.07, 6.45) is 0. The molecule has 104 valence electrons. The molecule has 20 heavy (non-hydrogen) atoms. The molecule has 0 fully saturated rings. The van der Waals surface area contributed by atoms with Gasteiger partial charge in [-0.15, -0.1) is 0 Å². The van der Waals surface area contributed by atoms with Crippen LogP contribution in [-0.2, 0) is 6.61 Å². The number of ether oxygens (including phenoxy) is 1. The largest absolute Gasteiger partial charge is 0.489 e. The van der Waals surface area contributed by atoms with Gasteiger partial charge in [0.25, 0.3) is 5.69 Å². The maximum Gasteiger partial charge on any atom is 0.269 e. The minimum atomic E-state index is -0.401. The number of para-hydroxylation sites is 1. The van der Waals surface area contributed by atoms with Crippen molar-refractivity contribution in [1.29, 1.82) is 0 Å². The highest BCUT2D eigenvalue weighted by Crippen LogP contribution is 2.23. The molecule has 0 saturated heterocycles. The summed E-state index contributed by atoms with van der Waals surface area (Å²) >= 11 is 0. The van der Waals surface area contributed by atoms with Crippen LogP contribution in [0.3, 0.4) is 0 Å². The maximum absolute atomic E-state index is 10.8. The SMILES string of the molecule is CCNc1ccc([N+](=O)[O-])cc1COc1ccccc1. The molecule has 1 N–H and O–H groups in total. The van der Waals surface area contributed by atoms with E-state index in [9.17, 15) is 10.1 Å². The second-order valence-corrected chi connectivity index (χ2v) is 4.23. The minimum Gasteiger partial charge on any atom is -0.489 e. The van der Waals surface area contributed by atoms with Crippen LogP contribution in [0.25, 0.3) is 0 Å². The van der Waals surface area contributed by atoms with Crippen LogP contribution in [-0.4, -0.2) is 11.5 Å². The fraction of sp³-hybridized carbons (Fsp3) is 0.200. The summed E-state index contributed by atoms with van der Waals surface area (Å²) in [5, 5.41) is 14.0. The normalized spacial score (nSPS) is 10.1. The van der Waals surface area contributed by atoms with Gasteiger partial charge in [0.2, 0.25) is 0 Å². The monoisotopic (exact) mass is 272 g/mol. The Hall–Kier alpha value is -2.56. The van der Waals surface area contributed by atoms with Gasteiger partial charge < -0.3 is 10.1 Å². The van der Waals surface area contributed by atoms with Gasteiger partial charge in [-0.3, -0.25) is 10.1 Å². The molecule has 0 atom stereocenters. The molecule has 0 aliphatic carbocycles. The van der Waals surface area contributed by atoms with Crippen LogP contribution in [0.2, 0.25) is 0 Å². The lowest BCUT2D eigenvalue weighted by Gasteiger charge is -2.12. The maximum atomic E-state index is 10.8. The molecule has 0 amide bonds. The average molecular weight is 272 g/mol. The van der Waals surface area contributed by atoms with Crippen LogP contribution < -0.4 is 10.1 Å². The number of nitro groups is 1. The second-order valence-electron chi connectivity index (χ2n) is 4.23. The summed E-state index contributed by atoms with van der Waals surface area (Å²) in [6.45, 7) is 3.01. The Kier molecular flexibility index (Phi) is 4.55. The van der Waals surface area contributed by atoms with E-state index >= 15 is 0 Å². The fourth-order valence-electron chi connectivity index (χ4n) is 1.85. The first-order valence-electron chi connectivity index (χ1n) is 6.39. The first-order chi connectivity index (χ1) is 9.70. The molecule has 0 aliphatic rings.